The van der Waals surface area contributed by atoms with E-state index in [1.807, 2.05) is 78.9 Å². The normalized spacial score (nSPS) is 18.7. The molecule has 2 aliphatic rings. The number of thioether (sulfide) groups is 1. The Balaban J connectivity index is 1.24. The fourth-order valence-corrected chi connectivity index (χ4v) is 9.80. The van der Waals surface area contributed by atoms with Crippen LogP contribution in [0.2, 0.25) is 0 Å². The molecule has 2 amide bonds. The third-order valence-corrected chi connectivity index (χ3v) is 11.8. The molecule has 3 atom stereocenters. The number of hydrogen-bond donors (Lipinski definition) is 1. The molecule has 4 heterocycles. The molecule has 0 spiro atoms. The van der Waals surface area contributed by atoms with E-state index < -0.39 is 46.1 Å². The van der Waals surface area contributed by atoms with Gasteiger partial charge in [0.2, 0.25) is 11.3 Å². The number of hydrogen-bond acceptors (Lipinski definition) is 10. The number of carbonyl (C=O) groups excluding carboxylic acids is 3. The lowest BCUT2D eigenvalue weighted by Crippen LogP contribution is -2.73. The highest BCUT2D eigenvalue weighted by atomic mass is 32.2. The van der Waals surface area contributed by atoms with E-state index in [0.29, 0.717) is 13.9 Å². The molecule has 1 N–H and O–H groups in total. The standard InChI is InChI=1S/C35H26N4O6S3/c40-24-19-27(47-32-28(24)36-16-17-37-32)46-25-20-48(44)34-29(38-26(41)18-21-10-4-1-5-11-21)33(42)39(34)30(25)35(43)45-31(22-12-6-2-7-13-22)23-14-8-3-9-15-23/h1-17,19,29,31,34H,18,20H2,(H,38,41)/t29?,34-,48?/m1/s1. The van der Waals surface area contributed by atoms with Gasteiger partial charge in [0.1, 0.15) is 27.5 Å². The molecule has 2 unspecified atom stereocenters. The van der Waals surface area contributed by atoms with Crippen molar-refractivity contribution >= 4 is 62.0 Å². The van der Waals surface area contributed by atoms with Gasteiger partial charge in [-0.15, -0.1) is 11.3 Å². The van der Waals surface area contributed by atoms with Crippen LogP contribution in [0.15, 0.2) is 129 Å². The summed E-state index contributed by atoms with van der Waals surface area (Å²) in [6.45, 7) is 0. The van der Waals surface area contributed by atoms with Gasteiger partial charge in [0, 0.05) is 23.4 Å². The molecule has 13 heteroatoms. The molecule has 0 aliphatic carbocycles. The number of rotatable bonds is 9. The average molecular weight is 695 g/mol. The van der Waals surface area contributed by atoms with Gasteiger partial charge >= 0.3 is 5.97 Å². The first-order valence-corrected chi connectivity index (χ1v) is 17.9. The molecule has 48 heavy (non-hydrogen) atoms. The number of esters is 1. The van der Waals surface area contributed by atoms with Gasteiger partial charge in [0.15, 0.2) is 6.10 Å². The van der Waals surface area contributed by atoms with Gasteiger partial charge in [-0.05, 0) is 16.7 Å². The van der Waals surface area contributed by atoms with Crippen molar-refractivity contribution < 1.29 is 23.3 Å². The molecule has 1 saturated heterocycles. The maximum absolute atomic E-state index is 14.3. The Morgan fingerprint density at radius 3 is 2.23 bits per heavy atom. The molecule has 7 rings (SSSR count). The zero-order chi connectivity index (χ0) is 33.2. The third kappa shape index (κ3) is 6.31. The van der Waals surface area contributed by atoms with Crippen molar-refractivity contribution in [3.8, 4) is 0 Å². The van der Waals surface area contributed by atoms with Gasteiger partial charge in [-0.3, -0.25) is 23.5 Å². The number of aromatic nitrogens is 2. The van der Waals surface area contributed by atoms with Gasteiger partial charge in [-0.25, -0.2) is 14.8 Å². The van der Waals surface area contributed by atoms with Crippen molar-refractivity contribution in [2.24, 2.45) is 0 Å². The second kappa shape index (κ2) is 13.6. The van der Waals surface area contributed by atoms with Crippen LogP contribution in [-0.4, -0.2) is 54.0 Å². The lowest BCUT2D eigenvalue weighted by Gasteiger charge is -2.49. The summed E-state index contributed by atoms with van der Waals surface area (Å²) in [4.78, 5) is 64.1. The number of β-lactam (4-membered cyclic amide) rings is 1. The van der Waals surface area contributed by atoms with Crippen LogP contribution in [0.25, 0.3) is 10.3 Å². The third-order valence-electron chi connectivity index (χ3n) is 7.81. The number of fused-ring (bicyclic) bond motifs is 2. The first-order valence-electron chi connectivity index (χ1n) is 14.9. The molecular weight excluding hydrogens is 669 g/mol. The SMILES string of the molecule is O=C(Cc1ccccc1)NC1C(=O)N2C(C(=O)OC(c3ccccc3)c3ccccc3)=C(Sc3cc(=O)c4nccnc4s3)CS(=O)[C@H]12. The van der Waals surface area contributed by atoms with Crippen LogP contribution in [0.3, 0.4) is 0 Å². The van der Waals surface area contributed by atoms with Crippen LogP contribution in [0.4, 0.5) is 0 Å². The summed E-state index contributed by atoms with van der Waals surface area (Å²) in [5, 5.41) is 1.75. The minimum absolute atomic E-state index is 0.0371. The molecule has 2 aliphatic heterocycles. The molecule has 1 fully saturated rings. The minimum Gasteiger partial charge on any atom is -0.448 e. The number of carbonyl (C=O) groups is 3. The van der Waals surface area contributed by atoms with Crippen molar-refractivity contribution in [3.05, 3.63) is 147 Å². The summed E-state index contributed by atoms with van der Waals surface area (Å²) in [5.41, 5.74) is 1.99. The summed E-state index contributed by atoms with van der Waals surface area (Å²) in [6, 6.07) is 27.8. The van der Waals surface area contributed by atoms with E-state index in [-0.39, 0.29) is 28.8 Å². The second-order valence-corrected chi connectivity index (χ2v) is 14.9. The van der Waals surface area contributed by atoms with Crippen molar-refractivity contribution in [1.82, 2.24) is 20.2 Å². The Hall–Kier alpha value is -4.98. The predicted octanol–water partition coefficient (Wildman–Crippen LogP) is 4.35. The number of nitrogens with zero attached hydrogens (tertiary/aromatic N) is 3. The van der Waals surface area contributed by atoms with E-state index in [1.54, 1.807) is 12.1 Å². The zero-order valence-corrected chi connectivity index (χ0v) is 27.5. The average Bonchev–Trinajstić information content (AvgIpc) is 3.10. The molecule has 0 bridgehead atoms. The Kier molecular flexibility index (Phi) is 8.98. The quantitative estimate of drug-likeness (QED) is 0.177. The van der Waals surface area contributed by atoms with Crippen LogP contribution < -0.4 is 10.7 Å². The van der Waals surface area contributed by atoms with Crippen LogP contribution in [0.5, 0.6) is 0 Å². The topological polar surface area (TPSA) is 136 Å². The minimum atomic E-state index is -1.70. The van der Waals surface area contributed by atoms with Crippen LogP contribution in [-0.2, 0) is 36.3 Å². The van der Waals surface area contributed by atoms with Crippen molar-refractivity contribution in [3.63, 3.8) is 0 Å². The maximum Gasteiger partial charge on any atom is 0.356 e. The Bertz CT molecular complexity index is 2100. The molecule has 0 saturated carbocycles. The van der Waals surface area contributed by atoms with Gasteiger partial charge in [-0.1, -0.05) is 103 Å². The fourth-order valence-electron chi connectivity index (χ4n) is 5.60. The summed E-state index contributed by atoms with van der Waals surface area (Å²) in [6.07, 6.45) is 2.14. The van der Waals surface area contributed by atoms with E-state index in [4.69, 9.17) is 4.74 Å². The molecule has 5 aromatic rings. The molecular formula is C35H26N4O6S3. The predicted molar refractivity (Wildman–Crippen MR) is 183 cm³/mol. The maximum atomic E-state index is 14.3. The summed E-state index contributed by atoms with van der Waals surface area (Å²) in [7, 11) is -1.70. The zero-order valence-electron chi connectivity index (χ0n) is 25.1. The van der Waals surface area contributed by atoms with E-state index in [0.717, 1.165) is 28.5 Å². The first-order chi connectivity index (χ1) is 23.4. The van der Waals surface area contributed by atoms with Gasteiger partial charge in [0.25, 0.3) is 5.91 Å². The van der Waals surface area contributed by atoms with E-state index in [1.165, 1.54) is 34.7 Å². The van der Waals surface area contributed by atoms with Gasteiger partial charge in [0.05, 0.1) is 27.2 Å². The summed E-state index contributed by atoms with van der Waals surface area (Å²) >= 11 is 2.26. The van der Waals surface area contributed by atoms with Crippen molar-refractivity contribution in [1.29, 1.82) is 0 Å². The first kappa shape index (κ1) is 31.6. The summed E-state index contributed by atoms with van der Waals surface area (Å²) in [5.74, 6) is -1.88. The highest BCUT2D eigenvalue weighted by Gasteiger charge is 2.57. The molecule has 0 radical (unpaired) electrons. The molecule has 10 nitrogen and oxygen atoms in total. The van der Waals surface area contributed by atoms with Crippen LogP contribution >= 0.6 is 23.1 Å². The van der Waals surface area contributed by atoms with Crippen LogP contribution in [0, 0.1) is 0 Å². The van der Waals surface area contributed by atoms with Crippen LogP contribution in [0.1, 0.15) is 22.8 Å². The van der Waals surface area contributed by atoms with Crippen molar-refractivity contribution in [2.45, 2.75) is 28.1 Å². The monoisotopic (exact) mass is 694 g/mol. The van der Waals surface area contributed by atoms with E-state index in [9.17, 15) is 23.4 Å². The highest BCUT2D eigenvalue weighted by molar-refractivity contribution is 8.05. The van der Waals surface area contributed by atoms with E-state index in [2.05, 4.69) is 15.3 Å². The van der Waals surface area contributed by atoms with Gasteiger partial charge in [-0.2, -0.15) is 0 Å². The Morgan fingerprint density at radius 1 is 0.938 bits per heavy atom. The summed E-state index contributed by atoms with van der Waals surface area (Å²) < 4.78 is 20.4. The largest absolute Gasteiger partial charge is 0.448 e. The molecule has 2 aromatic heterocycles. The highest BCUT2D eigenvalue weighted by Crippen LogP contribution is 2.43. The number of benzene rings is 3. The lowest BCUT2D eigenvalue weighted by atomic mass is 10.0. The molecule has 3 aromatic carbocycles. The van der Waals surface area contributed by atoms with Gasteiger partial charge < -0.3 is 10.1 Å². The fraction of sp³-hybridized carbons (Fsp3) is 0.143. The molecule has 240 valence electrons. The Morgan fingerprint density at radius 2 is 1.56 bits per heavy atom. The number of ether oxygens (including phenoxy) is 1. The lowest BCUT2D eigenvalue weighted by molar-refractivity contribution is -0.154. The second-order valence-electron chi connectivity index (χ2n) is 11.0. The van der Waals surface area contributed by atoms with E-state index >= 15 is 0 Å². The van der Waals surface area contributed by atoms with Crippen molar-refractivity contribution in [2.75, 3.05) is 5.75 Å². The Labute approximate surface area is 285 Å². The number of nitrogens with one attached hydrogen (secondary N) is 1. The smallest absolute Gasteiger partial charge is 0.356 e. The number of amides is 2.